The van der Waals surface area contributed by atoms with Gasteiger partial charge in [-0.25, -0.2) is 0 Å². The van der Waals surface area contributed by atoms with Crippen LogP contribution in [0.25, 0.3) is 0 Å². The van der Waals surface area contributed by atoms with Crippen molar-refractivity contribution in [3.63, 3.8) is 0 Å². The molecule has 4 heteroatoms. The zero-order valence-electron chi connectivity index (χ0n) is 11.4. The molecule has 0 amide bonds. The van der Waals surface area contributed by atoms with E-state index in [1.807, 2.05) is 24.3 Å². The molecule has 0 saturated heterocycles. The number of hydrogen-bond donors (Lipinski definition) is 2. The highest BCUT2D eigenvalue weighted by molar-refractivity contribution is 5.82. The van der Waals surface area contributed by atoms with Crippen LogP contribution < -0.4 is 10.5 Å². The van der Waals surface area contributed by atoms with E-state index in [9.17, 15) is 0 Å². The van der Waals surface area contributed by atoms with Crippen LogP contribution in [0.4, 0.5) is 0 Å². The molecule has 0 aliphatic heterocycles. The maximum absolute atomic E-state index is 8.53. The maximum atomic E-state index is 8.53. The van der Waals surface area contributed by atoms with Crippen molar-refractivity contribution in [2.75, 3.05) is 0 Å². The normalized spacial score (nSPS) is 24.2. The highest BCUT2D eigenvalue weighted by Crippen LogP contribution is 2.27. The third-order valence-electron chi connectivity index (χ3n) is 3.63. The summed E-state index contributed by atoms with van der Waals surface area (Å²) in [6.07, 6.45) is 5.67. The first-order chi connectivity index (χ1) is 9.17. The first-order valence-corrected chi connectivity index (χ1v) is 6.89. The van der Waals surface area contributed by atoms with Gasteiger partial charge in [-0.05, 0) is 42.9 Å². The zero-order valence-corrected chi connectivity index (χ0v) is 11.4. The number of rotatable bonds is 4. The van der Waals surface area contributed by atoms with Crippen molar-refractivity contribution in [1.82, 2.24) is 0 Å². The molecule has 2 unspecified atom stereocenters. The number of ether oxygens (including phenoxy) is 1. The van der Waals surface area contributed by atoms with Crippen LogP contribution in [0.2, 0.25) is 0 Å². The molecule has 104 valence electrons. The van der Waals surface area contributed by atoms with Crippen molar-refractivity contribution in [3.8, 4) is 5.75 Å². The van der Waals surface area contributed by atoms with E-state index in [1.54, 1.807) is 0 Å². The Morgan fingerprint density at radius 2 is 2.11 bits per heavy atom. The molecule has 19 heavy (non-hydrogen) atoms. The van der Waals surface area contributed by atoms with Gasteiger partial charge in [0.25, 0.3) is 0 Å². The summed E-state index contributed by atoms with van der Waals surface area (Å²) in [5.41, 5.74) is 6.49. The summed E-state index contributed by atoms with van der Waals surface area (Å²) in [4.78, 5) is 0. The standard InChI is InChI=1S/C15H22N2O2/c1-11-3-2-4-14(9-11)19-13-7-5-12(6-8-13)10-15(16)17-18/h5-8,11,14,18H,2-4,9-10H2,1H3,(H2,16,17). The fourth-order valence-corrected chi connectivity index (χ4v) is 2.61. The van der Waals surface area contributed by atoms with Crippen LogP contribution >= 0.6 is 0 Å². The third kappa shape index (κ3) is 4.16. The number of hydrogen-bond acceptors (Lipinski definition) is 3. The highest BCUT2D eigenvalue weighted by Gasteiger charge is 2.20. The Morgan fingerprint density at radius 3 is 2.74 bits per heavy atom. The molecule has 1 saturated carbocycles. The second-order valence-corrected chi connectivity index (χ2v) is 5.42. The number of oxime groups is 1. The minimum absolute atomic E-state index is 0.217. The van der Waals surface area contributed by atoms with Gasteiger partial charge in [0.1, 0.15) is 11.6 Å². The second-order valence-electron chi connectivity index (χ2n) is 5.42. The lowest BCUT2D eigenvalue weighted by Crippen LogP contribution is -2.24. The fourth-order valence-electron chi connectivity index (χ4n) is 2.61. The summed E-state index contributed by atoms with van der Waals surface area (Å²) < 4.78 is 6.00. The lowest BCUT2D eigenvalue weighted by atomic mass is 9.89. The molecule has 1 aliphatic carbocycles. The summed E-state index contributed by atoms with van der Waals surface area (Å²) >= 11 is 0. The molecule has 0 heterocycles. The van der Waals surface area contributed by atoms with E-state index in [1.165, 1.54) is 12.8 Å². The van der Waals surface area contributed by atoms with E-state index in [-0.39, 0.29) is 5.84 Å². The summed E-state index contributed by atoms with van der Waals surface area (Å²) in [5.74, 6) is 1.88. The Hall–Kier alpha value is -1.71. The van der Waals surface area contributed by atoms with Gasteiger partial charge >= 0.3 is 0 Å². The smallest absolute Gasteiger partial charge is 0.143 e. The summed E-state index contributed by atoms with van der Waals surface area (Å²) in [7, 11) is 0. The molecule has 2 atom stereocenters. The third-order valence-corrected chi connectivity index (χ3v) is 3.63. The lowest BCUT2D eigenvalue weighted by molar-refractivity contribution is 0.129. The predicted molar refractivity (Wildman–Crippen MR) is 75.6 cm³/mol. The topological polar surface area (TPSA) is 67.8 Å². The van der Waals surface area contributed by atoms with Crippen LogP contribution in [0.3, 0.4) is 0 Å². The molecular formula is C15H22N2O2. The summed E-state index contributed by atoms with van der Waals surface area (Å²) in [6.45, 7) is 2.29. The molecule has 1 fully saturated rings. The Kier molecular flexibility index (Phi) is 4.66. The lowest BCUT2D eigenvalue weighted by Gasteiger charge is -2.27. The monoisotopic (exact) mass is 262 g/mol. The molecule has 0 radical (unpaired) electrons. The van der Waals surface area contributed by atoms with E-state index in [0.29, 0.717) is 12.5 Å². The average Bonchev–Trinajstić information content (AvgIpc) is 2.41. The van der Waals surface area contributed by atoms with Gasteiger partial charge in [-0.2, -0.15) is 0 Å². The van der Waals surface area contributed by atoms with E-state index in [4.69, 9.17) is 15.7 Å². The summed E-state index contributed by atoms with van der Waals surface area (Å²) in [5, 5.41) is 11.5. The van der Waals surface area contributed by atoms with Crippen molar-refractivity contribution >= 4 is 5.84 Å². The van der Waals surface area contributed by atoms with E-state index in [2.05, 4.69) is 12.1 Å². The van der Waals surface area contributed by atoms with Crippen LogP contribution in [0.5, 0.6) is 5.75 Å². The molecular weight excluding hydrogens is 240 g/mol. The van der Waals surface area contributed by atoms with Gasteiger partial charge in [-0.1, -0.05) is 30.6 Å². The number of nitrogens with zero attached hydrogens (tertiary/aromatic N) is 1. The Labute approximate surface area is 114 Å². The van der Waals surface area contributed by atoms with Crippen molar-refractivity contribution in [1.29, 1.82) is 0 Å². The van der Waals surface area contributed by atoms with Gasteiger partial charge in [0, 0.05) is 6.42 Å². The molecule has 2 rings (SSSR count). The minimum atomic E-state index is 0.217. The first kappa shape index (κ1) is 13.7. The van der Waals surface area contributed by atoms with Crippen LogP contribution in [0.15, 0.2) is 29.4 Å². The van der Waals surface area contributed by atoms with Crippen LogP contribution in [0, 0.1) is 5.92 Å². The predicted octanol–water partition coefficient (Wildman–Crippen LogP) is 2.93. The van der Waals surface area contributed by atoms with Gasteiger partial charge in [0.05, 0.1) is 6.10 Å². The molecule has 1 aromatic rings. The van der Waals surface area contributed by atoms with Gasteiger partial charge in [0.15, 0.2) is 0 Å². The molecule has 1 aromatic carbocycles. The Bertz CT molecular complexity index is 428. The molecule has 3 N–H and O–H groups in total. The number of benzene rings is 1. The van der Waals surface area contributed by atoms with Crippen molar-refractivity contribution in [2.45, 2.75) is 45.1 Å². The number of nitrogens with two attached hydrogens (primary N) is 1. The highest BCUT2D eigenvalue weighted by atomic mass is 16.5. The fraction of sp³-hybridized carbons (Fsp3) is 0.533. The van der Waals surface area contributed by atoms with E-state index in [0.717, 1.165) is 30.1 Å². The molecule has 1 aliphatic rings. The molecule has 0 bridgehead atoms. The average molecular weight is 262 g/mol. The van der Waals surface area contributed by atoms with E-state index < -0.39 is 0 Å². The largest absolute Gasteiger partial charge is 0.490 e. The quantitative estimate of drug-likeness (QED) is 0.379. The van der Waals surface area contributed by atoms with Crippen LogP contribution in [-0.4, -0.2) is 17.1 Å². The summed E-state index contributed by atoms with van der Waals surface area (Å²) in [6, 6.07) is 7.83. The first-order valence-electron chi connectivity index (χ1n) is 6.89. The second kappa shape index (κ2) is 6.45. The Morgan fingerprint density at radius 1 is 1.37 bits per heavy atom. The maximum Gasteiger partial charge on any atom is 0.143 e. The molecule has 0 aromatic heterocycles. The van der Waals surface area contributed by atoms with Crippen LogP contribution in [-0.2, 0) is 6.42 Å². The van der Waals surface area contributed by atoms with Crippen molar-refractivity contribution in [2.24, 2.45) is 16.8 Å². The Balaban J connectivity index is 1.91. The van der Waals surface area contributed by atoms with E-state index >= 15 is 0 Å². The zero-order chi connectivity index (χ0) is 13.7. The SMILES string of the molecule is CC1CCCC(Oc2ccc(CC(N)=NO)cc2)C1. The van der Waals surface area contributed by atoms with Crippen LogP contribution in [0.1, 0.15) is 38.2 Å². The molecule has 4 nitrogen and oxygen atoms in total. The van der Waals surface area contributed by atoms with Gasteiger partial charge in [-0.3, -0.25) is 0 Å². The van der Waals surface area contributed by atoms with Gasteiger partial charge < -0.3 is 15.7 Å². The van der Waals surface area contributed by atoms with Gasteiger partial charge in [-0.15, -0.1) is 0 Å². The van der Waals surface area contributed by atoms with Crippen molar-refractivity contribution in [3.05, 3.63) is 29.8 Å². The number of amidine groups is 1. The molecule has 0 spiro atoms. The minimum Gasteiger partial charge on any atom is -0.490 e. The van der Waals surface area contributed by atoms with Gasteiger partial charge in [0.2, 0.25) is 0 Å². The van der Waals surface area contributed by atoms with Crippen molar-refractivity contribution < 1.29 is 9.94 Å².